The fraction of sp³-hybridized carbons (Fsp3) is 0.475. The van der Waals surface area contributed by atoms with Gasteiger partial charge in [0.15, 0.2) is 24.5 Å². The Kier molecular flexibility index (Phi) is 14.0. The second-order valence-corrected chi connectivity index (χ2v) is 14.8. The predicted octanol–water partition coefficient (Wildman–Crippen LogP) is 2.79. The first-order chi connectivity index (χ1) is 27.9. The van der Waals surface area contributed by atoms with Crippen molar-refractivity contribution < 1.29 is 66.7 Å². The zero-order valence-electron chi connectivity index (χ0n) is 33.6. The highest BCUT2D eigenvalue weighted by Crippen LogP contribution is 2.44. The highest BCUT2D eigenvalue weighted by atomic mass is 16.7. The van der Waals surface area contributed by atoms with Crippen LogP contribution in [0.2, 0.25) is 0 Å². The number of hydrogen-bond acceptors (Lipinski definition) is 16. The molecule has 316 valence electrons. The average molecular weight is 822 g/mol. The van der Waals surface area contributed by atoms with Gasteiger partial charge in [-0.1, -0.05) is 53.7 Å². The summed E-state index contributed by atoms with van der Waals surface area (Å²) in [4.78, 5) is 88.0. The zero-order valence-corrected chi connectivity index (χ0v) is 33.6. The Labute approximate surface area is 339 Å². The molecule has 1 saturated heterocycles. The van der Waals surface area contributed by atoms with Crippen molar-refractivity contribution in [1.82, 2.24) is 25.6 Å². The Morgan fingerprint density at radius 1 is 0.763 bits per heavy atom. The number of rotatable bonds is 14. The zero-order chi connectivity index (χ0) is 43.0. The maximum absolute atomic E-state index is 13.6. The second kappa shape index (κ2) is 18.9. The Morgan fingerprint density at radius 2 is 1.34 bits per heavy atom. The highest BCUT2D eigenvalue weighted by Gasteiger charge is 2.53. The van der Waals surface area contributed by atoms with Gasteiger partial charge in [-0.3, -0.25) is 28.8 Å². The van der Waals surface area contributed by atoms with Gasteiger partial charge in [0, 0.05) is 33.6 Å². The standard InChI is InChI=1S/C40H47N5O14/c1-21(46)53-20-32-34(55-22(2)47)35(56-23(3)48)36(57-24(4)49)38(58-32)45-18-25(43-44-45)17-41-37(51)31(16-33(50)59-40(5,6)7)42-39(52)54-19-30-28-14-10-8-12-26(28)27-13-9-11-15-29(27)30/h8-15,18,30-32,34-36,38H,16-17,19-20H2,1-7H3,(H,41,51)(H,42,52)/t31-,32+,34+,35-,36-,38-/m0/s1. The summed E-state index contributed by atoms with van der Waals surface area (Å²) in [6.45, 7) is 8.64. The number of esters is 5. The third-order valence-electron chi connectivity index (χ3n) is 8.97. The van der Waals surface area contributed by atoms with Gasteiger partial charge in [0.1, 0.15) is 36.7 Å². The molecule has 1 aliphatic heterocycles. The smallest absolute Gasteiger partial charge is 0.407 e. The van der Waals surface area contributed by atoms with Crippen LogP contribution < -0.4 is 10.6 Å². The van der Waals surface area contributed by atoms with Crippen molar-refractivity contribution in [3.05, 3.63) is 71.5 Å². The number of nitrogens with one attached hydrogen (secondary N) is 2. The minimum atomic E-state index is -1.46. The number of alkyl carbamates (subject to hydrolysis) is 1. The van der Waals surface area contributed by atoms with Crippen molar-refractivity contribution in [3.63, 3.8) is 0 Å². The van der Waals surface area contributed by atoms with Gasteiger partial charge in [-0.05, 0) is 43.0 Å². The number of carbonyl (C=O) groups is 7. The maximum Gasteiger partial charge on any atom is 0.407 e. The van der Waals surface area contributed by atoms with E-state index < -0.39 is 97.2 Å². The second-order valence-electron chi connectivity index (χ2n) is 14.8. The summed E-state index contributed by atoms with van der Waals surface area (Å²) in [5.41, 5.74) is 3.29. The third kappa shape index (κ3) is 11.6. The van der Waals surface area contributed by atoms with E-state index in [4.69, 9.17) is 33.2 Å². The molecule has 0 unspecified atom stereocenters. The number of hydrogen-bond donors (Lipinski definition) is 2. The fourth-order valence-electron chi connectivity index (χ4n) is 6.78. The summed E-state index contributed by atoms with van der Waals surface area (Å²) in [5, 5.41) is 13.2. The maximum atomic E-state index is 13.6. The molecule has 6 atom stereocenters. The number of carbonyl (C=O) groups excluding carboxylic acids is 7. The Bertz CT molecular complexity index is 2020. The molecule has 1 fully saturated rings. The van der Waals surface area contributed by atoms with Crippen LogP contribution in [-0.2, 0) is 68.5 Å². The predicted molar refractivity (Wildman–Crippen MR) is 202 cm³/mol. The van der Waals surface area contributed by atoms with Crippen LogP contribution >= 0.6 is 0 Å². The Balaban J connectivity index is 1.31. The Hall–Kier alpha value is -6.37. The summed E-state index contributed by atoms with van der Waals surface area (Å²) in [7, 11) is 0. The highest BCUT2D eigenvalue weighted by molar-refractivity contribution is 5.89. The lowest BCUT2D eigenvalue weighted by molar-refractivity contribution is -0.270. The molecule has 3 aromatic rings. The van der Waals surface area contributed by atoms with Crippen LogP contribution in [-0.4, -0.2) is 106 Å². The first-order valence-electron chi connectivity index (χ1n) is 18.7. The minimum absolute atomic E-state index is 0.0387. The molecule has 2 N–H and O–H groups in total. The first kappa shape index (κ1) is 43.7. The van der Waals surface area contributed by atoms with E-state index in [-0.39, 0.29) is 24.8 Å². The van der Waals surface area contributed by atoms with Gasteiger partial charge in [-0.15, -0.1) is 5.10 Å². The molecule has 1 aromatic heterocycles. The number of ether oxygens (including phenoxy) is 7. The lowest BCUT2D eigenvalue weighted by Gasteiger charge is -2.44. The van der Waals surface area contributed by atoms with E-state index in [1.54, 1.807) is 20.8 Å². The molecule has 0 radical (unpaired) electrons. The van der Waals surface area contributed by atoms with E-state index in [2.05, 4.69) is 20.9 Å². The largest absolute Gasteiger partial charge is 0.463 e. The van der Waals surface area contributed by atoms with Gasteiger partial charge >= 0.3 is 35.9 Å². The minimum Gasteiger partial charge on any atom is -0.463 e. The summed E-state index contributed by atoms with van der Waals surface area (Å²) < 4.78 is 39.8. The molecular weight excluding hydrogens is 774 g/mol. The number of amides is 2. The molecule has 2 aromatic carbocycles. The van der Waals surface area contributed by atoms with E-state index in [1.807, 2.05) is 48.5 Å². The normalized spacial score (nSPS) is 20.2. The van der Waals surface area contributed by atoms with E-state index in [0.29, 0.717) is 0 Å². The van der Waals surface area contributed by atoms with Crippen LogP contribution in [0.15, 0.2) is 54.7 Å². The molecule has 0 bridgehead atoms. The molecule has 0 saturated carbocycles. The van der Waals surface area contributed by atoms with Gasteiger partial charge in [0.05, 0.1) is 19.2 Å². The summed E-state index contributed by atoms with van der Waals surface area (Å²) >= 11 is 0. The summed E-state index contributed by atoms with van der Waals surface area (Å²) in [5.74, 6) is -4.90. The van der Waals surface area contributed by atoms with Crippen molar-refractivity contribution >= 4 is 41.8 Å². The molecule has 2 heterocycles. The van der Waals surface area contributed by atoms with Crippen LogP contribution in [0.25, 0.3) is 11.1 Å². The third-order valence-corrected chi connectivity index (χ3v) is 8.97. The fourth-order valence-corrected chi connectivity index (χ4v) is 6.78. The molecule has 19 heteroatoms. The Morgan fingerprint density at radius 3 is 1.92 bits per heavy atom. The van der Waals surface area contributed by atoms with Crippen LogP contribution in [0.1, 0.15) is 83.9 Å². The van der Waals surface area contributed by atoms with E-state index in [0.717, 1.165) is 54.6 Å². The van der Waals surface area contributed by atoms with E-state index in [9.17, 15) is 33.6 Å². The summed E-state index contributed by atoms with van der Waals surface area (Å²) in [6, 6.07) is 14.2. The molecule has 2 amide bonds. The quantitative estimate of drug-likeness (QED) is 0.176. The van der Waals surface area contributed by atoms with Crippen molar-refractivity contribution in [2.24, 2.45) is 0 Å². The average Bonchev–Trinajstić information content (AvgIpc) is 3.75. The first-order valence-corrected chi connectivity index (χ1v) is 18.7. The van der Waals surface area contributed by atoms with Crippen molar-refractivity contribution in [3.8, 4) is 11.1 Å². The summed E-state index contributed by atoms with van der Waals surface area (Å²) in [6.07, 6.45) is -7.08. The van der Waals surface area contributed by atoms with Crippen LogP contribution in [0.3, 0.4) is 0 Å². The van der Waals surface area contributed by atoms with E-state index in [1.165, 1.54) is 6.20 Å². The van der Waals surface area contributed by atoms with Gasteiger partial charge in [-0.2, -0.15) is 0 Å². The van der Waals surface area contributed by atoms with Gasteiger partial charge in [0.2, 0.25) is 5.91 Å². The number of fused-ring (bicyclic) bond motifs is 3. The van der Waals surface area contributed by atoms with Gasteiger partial charge in [-0.25, -0.2) is 9.48 Å². The number of nitrogens with zero attached hydrogens (tertiary/aromatic N) is 3. The van der Waals surface area contributed by atoms with Crippen LogP contribution in [0.4, 0.5) is 4.79 Å². The molecule has 0 spiro atoms. The molecule has 1 aliphatic carbocycles. The molecule has 2 aliphatic rings. The van der Waals surface area contributed by atoms with Crippen LogP contribution in [0, 0.1) is 0 Å². The lowest BCUT2D eigenvalue weighted by Crippen LogP contribution is -2.60. The number of benzene rings is 2. The van der Waals surface area contributed by atoms with Crippen LogP contribution in [0.5, 0.6) is 0 Å². The lowest BCUT2D eigenvalue weighted by atomic mass is 9.97. The van der Waals surface area contributed by atoms with Crippen molar-refractivity contribution in [1.29, 1.82) is 0 Å². The van der Waals surface area contributed by atoms with Crippen molar-refractivity contribution in [2.45, 2.75) is 110 Å². The molecule has 59 heavy (non-hydrogen) atoms. The van der Waals surface area contributed by atoms with Crippen molar-refractivity contribution in [2.75, 3.05) is 13.2 Å². The number of aromatic nitrogens is 3. The monoisotopic (exact) mass is 821 g/mol. The van der Waals surface area contributed by atoms with Gasteiger partial charge in [0.25, 0.3) is 0 Å². The SMILES string of the molecule is CC(=O)OC[C@H]1O[C@H](n2cc(CNC(=O)[C@H](CC(=O)OC(C)(C)C)NC(=O)OCC3c4ccccc4-c4ccccc43)nn2)[C@@H](OC(C)=O)[C@@H](OC(C)=O)[C@@H]1OC(C)=O. The molecule has 19 nitrogen and oxygen atoms in total. The van der Waals surface area contributed by atoms with Gasteiger partial charge < -0.3 is 43.8 Å². The molecule has 5 rings (SSSR count). The van der Waals surface area contributed by atoms with E-state index >= 15 is 0 Å². The molecular formula is C40H47N5O14. The topological polar surface area (TPSA) is 239 Å².